The number of hydrogen-bond acceptors (Lipinski definition) is 4. The molecule has 1 N–H and O–H groups in total. The minimum Gasteiger partial charge on any atom is -0.352 e. The van der Waals surface area contributed by atoms with Crippen LogP contribution in [0.2, 0.25) is 0 Å². The predicted molar refractivity (Wildman–Crippen MR) is 118 cm³/mol. The van der Waals surface area contributed by atoms with Crippen LogP contribution in [0.25, 0.3) is 10.9 Å². The zero-order valence-corrected chi connectivity index (χ0v) is 19.0. The summed E-state index contributed by atoms with van der Waals surface area (Å²) < 4.78 is 29.7. The zero-order chi connectivity index (χ0) is 22.1. The quantitative estimate of drug-likeness (QED) is 0.710. The molecule has 1 amide bonds. The number of aromatic nitrogens is 1. The second-order valence-corrected chi connectivity index (χ2v) is 10.5. The Bertz CT molecular complexity index is 1100. The first kappa shape index (κ1) is 22.5. The van der Waals surface area contributed by atoms with Crippen LogP contribution in [0.15, 0.2) is 34.1 Å². The standard InChI is InChI=1S/C22H31N3O4S/c1-5-6-9-23-22(27)19-14-24(4)20-8-7-17(11-18(20)21(19)26)30(28,29)25-12-15(2)10-16(3)13-25/h7-8,11,14-16H,5-6,9-10,12-13H2,1-4H3,(H,23,27)/t15-,16+. The highest BCUT2D eigenvalue weighted by Crippen LogP contribution is 2.27. The van der Waals surface area contributed by atoms with Gasteiger partial charge in [-0.15, -0.1) is 0 Å². The minimum atomic E-state index is -3.71. The van der Waals surface area contributed by atoms with Gasteiger partial charge in [-0.1, -0.05) is 27.2 Å². The molecule has 7 nitrogen and oxygen atoms in total. The molecule has 0 bridgehead atoms. The SMILES string of the molecule is CCCCNC(=O)c1cn(C)c2ccc(S(=O)(=O)N3C[C@H](C)C[C@H](C)C3)cc2c1=O. The van der Waals surface area contributed by atoms with E-state index in [2.05, 4.69) is 19.2 Å². The molecule has 1 saturated heterocycles. The topological polar surface area (TPSA) is 88.5 Å². The summed E-state index contributed by atoms with van der Waals surface area (Å²) in [6, 6.07) is 4.60. The highest BCUT2D eigenvalue weighted by molar-refractivity contribution is 7.89. The van der Waals surface area contributed by atoms with Gasteiger partial charge in [-0.05, 0) is 42.9 Å². The third-order valence-corrected chi connectivity index (χ3v) is 7.52. The maximum atomic E-state index is 13.2. The molecule has 30 heavy (non-hydrogen) atoms. The lowest BCUT2D eigenvalue weighted by molar-refractivity contribution is 0.0951. The normalized spacial score (nSPS) is 20.4. The lowest BCUT2D eigenvalue weighted by Crippen LogP contribution is -2.42. The molecule has 2 heterocycles. The van der Waals surface area contributed by atoms with Gasteiger partial charge in [0.2, 0.25) is 15.5 Å². The van der Waals surface area contributed by atoms with Crippen LogP contribution in [-0.4, -0.2) is 42.8 Å². The predicted octanol–water partition coefficient (Wildman–Crippen LogP) is 2.74. The molecular formula is C22H31N3O4S. The molecule has 0 aliphatic carbocycles. The van der Waals surface area contributed by atoms with Crippen molar-refractivity contribution in [3.63, 3.8) is 0 Å². The first-order chi connectivity index (χ1) is 14.1. The molecule has 2 aromatic rings. The Morgan fingerprint density at radius 3 is 2.50 bits per heavy atom. The van der Waals surface area contributed by atoms with E-state index >= 15 is 0 Å². The van der Waals surface area contributed by atoms with Crippen molar-refractivity contribution in [2.45, 2.75) is 44.9 Å². The van der Waals surface area contributed by atoms with Gasteiger partial charge in [0, 0.05) is 38.3 Å². The summed E-state index contributed by atoms with van der Waals surface area (Å²) >= 11 is 0. The number of unbranched alkanes of at least 4 members (excludes halogenated alkanes) is 1. The van der Waals surface area contributed by atoms with E-state index in [-0.39, 0.29) is 27.7 Å². The fourth-order valence-corrected chi connectivity index (χ4v) is 5.93. The van der Waals surface area contributed by atoms with Crippen molar-refractivity contribution in [2.75, 3.05) is 19.6 Å². The summed E-state index contributed by atoms with van der Waals surface area (Å²) in [5.41, 5.74) is 0.162. The summed E-state index contributed by atoms with van der Waals surface area (Å²) in [6.07, 6.45) is 4.27. The highest BCUT2D eigenvalue weighted by Gasteiger charge is 2.32. The van der Waals surface area contributed by atoms with Crippen molar-refractivity contribution >= 4 is 26.8 Å². The Labute approximate surface area is 178 Å². The first-order valence-corrected chi connectivity index (χ1v) is 12.0. The number of benzene rings is 1. The molecule has 3 rings (SSSR count). The largest absolute Gasteiger partial charge is 0.352 e. The molecule has 164 valence electrons. The van der Waals surface area contributed by atoms with Gasteiger partial charge in [-0.25, -0.2) is 8.42 Å². The maximum Gasteiger partial charge on any atom is 0.256 e. The van der Waals surface area contributed by atoms with Gasteiger partial charge >= 0.3 is 0 Å². The third-order valence-electron chi connectivity index (χ3n) is 5.69. The molecule has 1 fully saturated rings. The van der Waals surface area contributed by atoms with Gasteiger partial charge in [0.1, 0.15) is 5.56 Å². The number of fused-ring (bicyclic) bond motifs is 1. The van der Waals surface area contributed by atoms with E-state index in [4.69, 9.17) is 0 Å². The monoisotopic (exact) mass is 433 g/mol. The van der Waals surface area contributed by atoms with Gasteiger partial charge in [-0.3, -0.25) is 9.59 Å². The van der Waals surface area contributed by atoms with Crippen molar-refractivity contribution in [3.05, 3.63) is 40.2 Å². The van der Waals surface area contributed by atoms with Crippen LogP contribution in [0.4, 0.5) is 0 Å². The minimum absolute atomic E-state index is 0.0240. The number of aryl methyl sites for hydroxylation is 1. The van der Waals surface area contributed by atoms with E-state index in [0.717, 1.165) is 19.3 Å². The Hall–Kier alpha value is -2.19. The van der Waals surface area contributed by atoms with Crippen LogP contribution in [0.5, 0.6) is 0 Å². The number of carbonyl (C=O) groups excluding carboxylic acids is 1. The third kappa shape index (κ3) is 4.44. The fourth-order valence-electron chi connectivity index (χ4n) is 4.22. The fraction of sp³-hybridized carbons (Fsp3) is 0.545. The van der Waals surface area contributed by atoms with E-state index in [9.17, 15) is 18.0 Å². The van der Waals surface area contributed by atoms with Gasteiger partial charge in [-0.2, -0.15) is 4.31 Å². The number of carbonyl (C=O) groups is 1. The summed E-state index contributed by atoms with van der Waals surface area (Å²) in [6.45, 7) is 7.57. The van der Waals surface area contributed by atoms with Crippen molar-refractivity contribution < 1.29 is 13.2 Å². The second-order valence-electron chi connectivity index (χ2n) is 8.54. The molecule has 1 aliphatic rings. The number of nitrogens with one attached hydrogen (secondary N) is 1. The van der Waals surface area contributed by atoms with Gasteiger partial charge < -0.3 is 9.88 Å². The zero-order valence-electron chi connectivity index (χ0n) is 18.1. The number of pyridine rings is 1. The number of rotatable bonds is 6. The van der Waals surface area contributed by atoms with Crippen molar-refractivity contribution in [1.29, 1.82) is 0 Å². The van der Waals surface area contributed by atoms with E-state index in [0.29, 0.717) is 25.2 Å². The average Bonchev–Trinajstić information content (AvgIpc) is 2.69. The number of amides is 1. The van der Waals surface area contributed by atoms with E-state index in [1.807, 2.05) is 6.92 Å². The molecule has 1 aliphatic heterocycles. The van der Waals surface area contributed by atoms with Gasteiger partial charge in [0.25, 0.3) is 5.91 Å². The highest BCUT2D eigenvalue weighted by atomic mass is 32.2. The first-order valence-electron chi connectivity index (χ1n) is 10.6. The Kier molecular flexibility index (Phi) is 6.67. The van der Waals surface area contributed by atoms with Crippen LogP contribution >= 0.6 is 0 Å². The van der Waals surface area contributed by atoms with E-state index in [1.165, 1.54) is 16.6 Å². The van der Waals surface area contributed by atoms with Crippen molar-refractivity contribution in [3.8, 4) is 0 Å². The summed E-state index contributed by atoms with van der Waals surface area (Å²) in [5, 5.41) is 3.00. The van der Waals surface area contributed by atoms with E-state index in [1.54, 1.807) is 23.7 Å². The summed E-state index contributed by atoms with van der Waals surface area (Å²) in [7, 11) is -1.97. The maximum absolute atomic E-state index is 13.2. The Morgan fingerprint density at radius 1 is 1.20 bits per heavy atom. The molecule has 1 aromatic carbocycles. The second kappa shape index (κ2) is 8.89. The van der Waals surface area contributed by atoms with Crippen molar-refractivity contribution in [1.82, 2.24) is 14.2 Å². The van der Waals surface area contributed by atoms with Crippen molar-refractivity contribution in [2.24, 2.45) is 18.9 Å². The molecule has 0 unspecified atom stereocenters. The molecular weight excluding hydrogens is 402 g/mol. The van der Waals surface area contributed by atoms with Gasteiger partial charge in [0.05, 0.1) is 10.4 Å². The molecule has 2 atom stereocenters. The van der Waals surface area contributed by atoms with Crippen LogP contribution in [-0.2, 0) is 17.1 Å². The molecule has 0 radical (unpaired) electrons. The number of nitrogens with zero attached hydrogens (tertiary/aromatic N) is 2. The summed E-state index contributed by atoms with van der Waals surface area (Å²) in [4.78, 5) is 25.6. The average molecular weight is 434 g/mol. The smallest absolute Gasteiger partial charge is 0.256 e. The molecule has 0 saturated carbocycles. The van der Waals surface area contributed by atoms with Crippen LogP contribution in [0, 0.1) is 11.8 Å². The number of piperidine rings is 1. The Balaban J connectivity index is 2.03. The molecule has 8 heteroatoms. The van der Waals surface area contributed by atoms with Crippen LogP contribution in [0.3, 0.4) is 0 Å². The number of hydrogen-bond donors (Lipinski definition) is 1. The Morgan fingerprint density at radius 2 is 1.87 bits per heavy atom. The van der Waals surface area contributed by atoms with E-state index < -0.39 is 21.4 Å². The molecule has 1 aromatic heterocycles. The van der Waals surface area contributed by atoms with Gasteiger partial charge in [0.15, 0.2) is 0 Å². The lowest BCUT2D eigenvalue weighted by atomic mass is 9.94. The van der Waals surface area contributed by atoms with Crippen LogP contribution in [0.1, 0.15) is 50.4 Å². The van der Waals surface area contributed by atoms with Crippen LogP contribution < -0.4 is 10.7 Å². The molecule has 0 spiro atoms. The number of sulfonamides is 1. The summed E-state index contributed by atoms with van der Waals surface area (Å²) in [5.74, 6) is 0.142. The lowest BCUT2D eigenvalue weighted by Gasteiger charge is -2.34.